The zero-order valence-corrected chi connectivity index (χ0v) is 10.0. The number of rotatable bonds is 1. The van der Waals surface area contributed by atoms with Gasteiger partial charge in [0.15, 0.2) is 0 Å². The quantitative estimate of drug-likeness (QED) is 0.668. The van der Waals surface area contributed by atoms with Crippen molar-refractivity contribution in [2.24, 2.45) is 0 Å². The number of hydrogen-bond donors (Lipinski definition) is 0. The van der Waals surface area contributed by atoms with Crippen molar-refractivity contribution < 1.29 is 0 Å². The Morgan fingerprint density at radius 3 is 2.89 bits per heavy atom. The molecule has 86 valence electrons. The molecule has 3 heterocycles. The molecule has 3 rings (SSSR count). The summed E-state index contributed by atoms with van der Waals surface area (Å²) in [6.07, 6.45) is 1.61. The number of aromatic nitrogens is 2. The molecule has 0 atom stereocenters. The van der Waals surface area contributed by atoms with Crippen molar-refractivity contribution in [3.8, 4) is 16.6 Å². The zero-order valence-electron chi connectivity index (χ0n) is 9.20. The number of thiophene rings is 1. The van der Waals surface area contributed by atoms with Crippen LogP contribution < -0.4 is 5.56 Å². The minimum Gasteiger partial charge on any atom is -0.267 e. The van der Waals surface area contributed by atoms with E-state index < -0.39 is 0 Å². The van der Waals surface area contributed by atoms with Gasteiger partial charge in [-0.3, -0.25) is 9.20 Å². The van der Waals surface area contributed by atoms with Gasteiger partial charge < -0.3 is 0 Å². The molecule has 0 spiro atoms. The van der Waals surface area contributed by atoms with E-state index in [-0.39, 0.29) is 11.1 Å². The molecule has 0 radical (unpaired) electrons. The monoisotopic (exact) mass is 253 g/mol. The van der Waals surface area contributed by atoms with E-state index in [1.807, 2.05) is 29.6 Å². The van der Waals surface area contributed by atoms with Gasteiger partial charge in [0.05, 0.1) is 4.88 Å². The fraction of sp³-hybridized carbons (Fsp3) is 0. The first-order chi connectivity index (χ1) is 8.81. The van der Waals surface area contributed by atoms with E-state index in [2.05, 4.69) is 4.98 Å². The van der Waals surface area contributed by atoms with Crippen LogP contribution in [0.5, 0.6) is 0 Å². The fourth-order valence-electron chi connectivity index (χ4n) is 1.78. The summed E-state index contributed by atoms with van der Waals surface area (Å²) in [6, 6.07) is 11.0. The highest BCUT2D eigenvalue weighted by Crippen LogP contribution is 2.24. The Morgan fingerprint density at radius 2 is 2.17 bits per heavy atom. The molecule has 0 saturated carbocycles. The SMILES string of the molecule is N#Cc1c(-c2cccs2)nc2ccccn2c1=O. The summed E-state index contributed by atoms with van der Waals surface area (Å²) < 4.78 is 1.38. The fourth-order valence-corrected chi connectivity index (χ4v) is 2.50. The molecule has 0 bridgehead atoms. The molecule has 3 aromatic heterocycles. The Hall–Kier alpha value is -2.45. The van der Waals surface area contributed by atoms with Crippen LogP contribution in [0, 0.1) is 11.3 Å². The number of pyridine rings is 1. The van der Waals surface area contributed by atoms with E-state index in [4.69, 9.17) is 5.26 Å². The standard InChI is InChI=1S/C13H7N3OS/c14-8-9-12(10-4-3-7-18-10)15-11-5-1-2-6-16(11)13(9)17/h1-7H. The van der Waals surface area contributed by atoms with E-state index in [0.29, 0.717) is 11.3 Å². The lowest BCUT2D eigenvalue weighted by Gasteiger charge is -2.04. The Labute approximate surface area is 106 Å². The molecule has 0 unspecified atom stereocenters. The number of nitriles is 1. The molecule has 5 heteroatoms. The van der Waals surface area contributed by atoms with Crippen molar-refractivity contribution >= 4 is 17.0 Å². The van der Waals surface area contributed by atoms with Crippen molar-refractivity contribution in [1.29, 1.82) is 5.26 Å². The highest BCUT2D eigenvalue weighted by molar-refractivity contribution is 7.13. The van der Waals surface area contributed by atoms with E-state index >= 15 is 0 Å². The Bertz CT molecular complexity index is 812. The minimum absolute atomic E-state index is 0.0844. The van der Waals surface area contributed by atoms with Gasteiger partial charge in [0, 0.05) is 6.20 Å². The lowest BCUT2D eigenvalue weighted by Crippen LogP contribution is -2.19. The minimum atomic E-state index is -0.327. The molecule has 4 nitrogen and oxygen atoms in total. The van der Waals surface area contributed by atoms with Crippen LogP contribution in [-0.4, -0.2) is 9.38 Å². The van der Waals surface area contributed by atoms with Crippen LogP contribution in [0.1, 0.15) is 5.56 Å². The van der Waals surface area contributed by atoms with Crippen molar-refractivity contribution in [2.75, 3.05) is 0 Å². The van der Waals surface area contributed by atoms with Gasteiger partial charge in [-0.25, -0.2) is 4.98 Å². The summed E-state index contributed by atoms with van der Waals surface area (Å²) in [6.45, 7) is 0. The van der Waals surface area contributed by atoms with E-state index in [0.717, 1.165) is 4.88 Å². The summed E-state index contributed by atoms with van der Waals surface area (Å²) in [4.78, 5) is 17.4. The first kappa shape index (κ1) is 10.7. The highest BCUT2D eigenvalue weighted by atomic mass is 32.1. The van der Waals surface area contributed by atoms with Gasteiger partial charge in [-0.05, 0) is 23.6 Å². The Morgan fingerprint density at radius 1 is 1.28 bits per heavy atom. The van der Waals surface area contributed by atoms with Crippen molar-refractivity contribution in [3.05, 3.63) is 57.8 Å². The molecule has 0 amide bonds. The summed E-state index contributed by atoms with van der Waals surface area (Å²) in [5, 5.41) is 11.1. The summed E-state index contributed by atoms with van der Waals surface area (Å²) in [5.41, 5.74) is 0.765. The van der Waals surface area contributed by atoms with Gasteiger partial charge in [0.25, 0.3) is 5.56 Å². The van der Waals surface area contributed by atoms with Crippen LogP contribution >= 0.6 is 11.3 Å². The second-order valence-electron chi connectivity index (χ2n) is 3.66. The Kier molecular flexibility index (Phi) is 2.43. The number of nitrogens with zero attached hydrogens (tertiary/aromatic N) is 3. The first-order valence-electron chi connectivity index (χ1n) is 5.26. The van der Waals surface area contributed by atoms with Crippen LogP contribution in [-0.2, 0) is 0 Å². The van der Waals surface area contributed by atoms with E-state index in [9.17, 15) is 4.79 Å². The molecule has 0 aromatic carbocycles. The van der Waals surface area contributed by atoms with Crippen LogP contribution in [0.4, 0.5) is 0 Å². The second kappa shape index (κ2) is 4.09. The van der Waals surface area contributed by atoms with Gasteiger partial charge in [-0.2, -0.15) is 5.26 Å². The normalized spacial score (nSPS) is 10.4. The molecule has 3 aromatic rings. The van der Waals surface area contributed by atoms with Crippen molar-refractivity contribution in [2.45, 2.75) is 0 Å². The third-order valence-electron chi connectivity index (χ3n) is 2.60. The van der Waals surface area contributed by atoms with E-state index in [1.54, 1.807) is 18.3 Å². The topological polar surface area (TPSA) is 58.2 Å². The number of hydrogen-bond acceptors (Lipinski definition) is 4. The smallest absolute Gasteiger partial charge is 0.267 e. The predicted molar refractivity (Wildman–Crippen MR) is 69.5 cm³/mol. The molecule has 0 aliphatic rings. The number of fused-ring (bicyclic) bond motifs is 1. The first-order valence-corrected chi connectivity index (χ1v) is 6.14. The summed E-state index contributed by atoms with van der Waals surface area (Å²) in [7, 11) is 0. The molecule has 0 aliphatic carbocycles. The molecule has 18 heavy (non-hydrogen) atoms. The van der Waals surface area contributed by atoms with Gasteiger partial charge in [0.2, 0.25) is 0 Å². The van der Waals surface area contributed by atoms with E-state index in [1.165, 1.54) is 15.7 Å². The van der Waals surface area contributed by atoms with Crippen LogP contribution in [0.2, 0.25) is 0 Å². The van der Waals surface area contributed by atoms with Gasteiger partial charge in [0.1, 0.15) is 23.0 Å². The lowest BCUT2D eigenvalue weighted by atomic mass is 10.2. The Balaban J connectivity index is 2.47. The maximum atomic E-state index is 12.2. The maximum Gasteiger partial charge on any atom is 0.276 e. The average Bonchev–Trinajstić information content (AvgIpc) is 2.92. The van der Waals surface area contributed by atoms with Gasteiger partial charge in [-0.1, -0.05) is 12.1 Å². The average molecular weight is 253 g/mol. The molecule has 0 aliphatic heterocycles. The van der Waals surface area contributed by atoms with Crippen molar-refractivity contribution in [1.82, 2.24) is 9.38 Å². The molecule has 0 N–H and O–H groups in total. The third-order valence-corrected chi connectivity index (χ3v) is 3.48. The van der Waals surface area contributed by atoms with Gasteiger partial charge >= 0.3 is 0 Å². The maximum absolute atomic E-state index is 12.2. The lowest BCUT2D eigenvalue weighted by molar-refractivity contribution is 1.04. The molecular formula is C13H7N3OS. The third kappa shape index (κ3) is 1.51. The zero-order chi connectivity index (χ0) is 12.5. The van der Waals surface area contributed by atoms with Crippen LogP contribution in [0.25, 0.3) is 16.2 Å². The summed E-state index contributed by atoms with van der Waals surface area (Å²) >= 11 is 1.46. The predicted octanol–water partition coefficient (Wildman–Crippen LogP) is 2.29. The molecule has 0 fully saturated rings. The van der Waals surface area contributed by atoms with Crippen molar-refractivity contribution in [3.63, 3.8) is 0 Å². The van der Waals surface area contributed by atoms with Crippen LogP contribution in [0.15, 0.2) is 46.7 Å². The van der Waals surface area contributed by atoms with Crippen LogP contribution in [0.3, 0.4) is 0 Å². The highest BCUT2D eigenvalue weighted by Gasteiger charge is 2.14. The van der Waals surface area contributed by atoms with Gasteiger partial charge in [-0.15, -0.1) is 11.3 Å². The summed E-state index contributed by atoms with van der Waals surface area (Å²) in [5.74, 6) is 0. The largest absolute Gasteiger partial charge is 0.276 e. The second-order valence-corrected chi connectivity index (χ2v) is 4.61. The molecule has 0 saturated heterocycles. The molecular weight excluding hydrogens is 246 g/mol.